The lowest BCUT2D eigenvalue weighted by atomic mass is 10.3. The van der Waals surface area contributed by atoms with Crippen LogP contribution in [0.5, 0.6) is 0 Å². The minimum absolute atomic E-state index is 0.519. The minimum Gasteiger partial charge on any atom is -0.382 e. The van der Waals surface area contributed by atoms with Gasteiger partial charge in [0.25, 0.3) is 0 Å². The van der Waals surface area contributed by atoms with Gasteiger partial charge in [-0.25, -0.2) is 4.68 Å². The van der Waals surface area contributed by atoms with Crippen molar-refractivity contribution in [3.63, 3.8) is 0 Å². The maximum Gasteiger partial charge on any atom is 0.145 e. The number of rotatable bonds is 6. The summed E-state index contributed by atoms with van der Waals surface area (Å²) in [5, 5.41) is 4.20. The Hall–Kier alpha value is -0.813. The first-order valence-electron chi connectivity index (χ1n) is 5.82. The summed E-state index contributed by atoms with van der Waals surface area (Å²) in [5.41, 5.74) is 6.78. The number of ether oxygens (including phenoxy) is 1. The molecular formula is C11H23N3OSi. The minimum atomic E-state index is -0.991. The summed E-state index contributed by atoms with van der Waals surface area (Å²) in [7, 11) is -0.991. The zero-order valence-electron chi connectivity index (χ0n) is 10.8. The van der Waals surface area contributed by atoms with Crippen molar-refractivity contribution < 1.29 is 4.74 Å². The van der Waals surface area contributed by atoms with E-state index in [2.05, 4.69) is 31.7 Å². The predicted molar refractivity (Wildman–Crippen MR) is 70.1 cm³/mol. The summed E-state index contributed by atoms with van der Waals surface area (Å²) < 4.78 is 7.48. The van der Waals surface area contributed by atoms with Crippen molar-refractivity contribution in [2.75, 3.05) is 12.3 Å². The molecule has 2 N–H and O–H groups in total. The van der Waals surface area contributed by atoms with Gasteiger partial charge in [0, 0.05) is 26.4 Å². The van der Waals surface area contributed by atoms with Crippen LogP contribution in [-0.2, 0) is 17.9 Å². The van der Waals surface area contributed by atoms with E-state index in [0.29, 0.717) is 12.5 Å². The number of aryl methyl sites for hydroxylation is 1. The van der Waals surface area contributed by atoms with E-state index in [1.165, 1.54) is 6.04 Å². The van der Waals surface area contributed by atoms with E-state index in [1.807, 2.05) is 10.7 Å². The third-order valence-corrected chi connectivity index (χ3v) is 4.16. The molecule has 0 unspecified atom stereocenters. The van der Waals surface area contributed by atoms with Crippen molar-refractivity contribution in [1.29, 1.82) is 0 Å². The Kier molecular flexibility index (Phi) is 4.55. The van der Waals surface area contributed by atoms with Gasteiger partial charge in [-0.1, -0.05) is 26.6 Å². The second-order valence-electron chi connectivity index (χ2n) is 5.26. The second-order valence-corrected chi connectivity index (χ2v) is 10.9. The Morgan fingerprint density at radius 3 is 2.69 bits per heavy atom. The molecule has 1 heterocycles. The van der Waals surface area contributed by atoms with Crippen molar-refractivity contribution in [3.8, 4) is 0 Å². The lowest BCUT2D eigenvalue weighted by molar-refractivity contribution is 0.0768. The fourth-order valence-corrected chi connectivity index (χ4v) is 2.16. The summed E-state index contributed by atoms with van der Waals surface area (Å²) in [4.78, 5) is 0. The van der Waals surface area contributed by atoms with Gasteiger partial charge in [-0.15, -0.1) is 0 Å². The van der Waals surface area contributed by atoms with Gasteiger partial charge in [-0.3, -0.25) is 0 Å². The average molecular weight is 241 g/mol. The van der Waals surface area contributed by atoms with Crippen LogP contribution in [0.2, 0.25) is 25.7 Å². The van der Waals surface area contributed by atoms with Crippen molar-refractivity contribution in [2.45, 2.75) is 45.8 Å². The first-order chi connectivity index (χ1) is 7.42. The van der Waals surface area contributed by atoms with Crippen molar-refractivity contribution >= 4 is 13.9 Å². The lowest BCUT2D eigenvalue weighted by Gasteiger charge is -2.15. The highest BCUT2D eigenvalue weighted by atomic mass is 28.3. The number of nitrogens with zero attached hydrogens (tertiary/aromatic N) is 2. The summed E-state index contributed by atoms with van der Waals surface area (Å²) in [6.07, 6.45) is 0.932. The van der Waals surface area contributed by atoms with E-state index >= 15 is 0 Å². The molecule has 0 aliphatic carbocycles. The quantitative estimate of drug-likeness (QED) is 0.614. The largest absolute Gasteiger partial charge is 0.382 e. The van der Waals surface area contributed by atoms with Crippen LogP contribution < -0.4 is 5.73 Å². The summed E-state index contributed by atoms with van der Waals surface area (Å²) >= 11 is 0. The number of anilines is 1. The molecule has 1 aromatic heterocycles. The van der Waals surface area contributed by atoms with Crippen molar-refractivity contribution in [2.24, 2.45) is 0 Å². The van der Waals surface area contributed by atoms with Gasteiger partial charge in [-0.2, -0.15) is 5.10 Å². The third-order valence-electron chi connectivity index (χ3n) is 2.45. The Bertz CT molecular complexity index is 330. The van der Waals surface area contributed by atoms with Crippen LogP contribution in [0, 0.1) is 0 Å². The predicted octanol–water partition coefficient (Wildman–Crippen LogP) is 2.34. The van der Waals surface area contributed by atoms with Crippen LogP contribution >= 0.6 is 0 Å². The molecule has 4 nitrogen and oxygen atoms in total. The van der Waals surface area contributed by atoms with E-state index in [9.17, 15) is 0 Å². The highest BCUT2D eigenvalue weighted by Gasteiger charge is 2.12. The van der Waals surface area contributed by atoms with E-state index < -0.39 is 8.07 Å². The standard InChI is InChI=1S/C11H23N3OSi/c1-5-10-8-11(12)13-14(10)9-15-6-7-16(2,3)4/h8H,5-7,9H2,1-4H3,(H2,12,13). The Balaban J connectivity index is 2.37. The van der Waals surface area contributed by atoms with Gasteiger partial charge in [0.1, 0.15) is 12.5 Å². The molecular weight excluding hydrogens is 218 g/mol. The first kappa shape index (κ1) is 13.3. The lowest BCUT2D eigenvalue weighted by Crippen LogP contribution is -2.22. The molecule has 0 saturated heterocycles. The van der Waals surface area contributed by atoms with Crippen molar-refractivity contribution in [3.05, 3.63) is 11.8 Å². The van der Waals surface area contributed by atoms with Crippen LogP contribution in [0.3, 0.4) is 0 Å². The number of nitrogen functional groups attached to an aromatic ring is 1. The van der Waals surface area contributed by atoms with Gasteiger partial charge < -0.3 is 10.5 Å². The fraction of sp³-hybridized carbons (Fsp3) is 0.727. The molecule has 5 heteroatoms. The fourth-order valence-electron chi connectivity index (χ4n) is 1.40. The summed E-state index contributed by atoms with van der Waals surface area (Å²) in [5.74, 6) is 0.575. The average Bonchev–Trinajstić information content (AvgIpc) is 2.52. The Morgan fingerprint density at radius 2 is 2.12 bits per heavy atom. The molecule has 0 aliphatic heterocycles. The topological polar surface area (TPSA) is 53.1 Å². The van der Waals surface area contributed by atoms with Crippen molar-refractivity contribution in [1.82, 2.24) is 9.78 Å². The molecule has 1 rings (SSSR count). The van der Waals surface area contributed by atoms with Gasteiger partial charge in [0.05, 0.1) is 0 Å². The van der Waals surface area contributed by atoms with E-state index in [0.717, 1.165) is 18.7 Å². The molecule has 0 radical (unpaired) electrons. The smallest absolute Gasteiger partial charge is 0.145 e. The molecule has 16 heavy (non-hydrogen) atoms. The first-order valence-corrected chi connectivity index (χ1v) is 9.53. The number of nitrogens with two attached hydrogens (primary N) is 1. The van der Waals surface area contributed by atoms with Crippen LogP contribution in [0.4, 0.5) is 5.82 Å². The van der Waals surface area contributed by atoms with Crippen LogP contribution in [0.1, 0.15) is 12.6 Å². The highest BCUT2D eigenvalue weighted by molar-refractivity contribution is 6.76. The van der Waals surface area contributed by atoms with Gasteiger partial charge in [-0.05, 0) is 12.5 Å². The molecule has 1 aromatic rings. The molecule has 92 valence electrons. The van der Waals surface area contributed by atoms with E-state index in [4.69, 9.17) is 10.5 Å². The Morgan fingerprint density at radius 1 is 1.44 bits per heavy atom. The third kappa shape index (κ3) is 4.36. The van der Waals surface area contributed by atoms with E-state index in [-0.39, 0.29) is 0 Å². The van der Waals surface area contributed by atoms with E-state index in [1.54, 1.807) is 0 Å². The van der Waals surface area contributed by atoms with Gasteiger partial charge >= 0.3 is 0 Å². The molecule has 0 saturated carbocycles. The molecule has 0 aliphatic rings. The molecule has 0 atom stereocenters. The highest BCUT2D eigenvalue weighted by Crippen LogP contribution is 2.09. The van der Waals surface area contributed by atoms with Crippen LogP contribution in [0.15, 0.2) is 6.07 Å². The molecule has 0 bridgehead atoms. The summed E-state index contributed by atoms with van der Waals surface area (Å²) in [6, 6.07) is 3.09. The maximum absolute atomic E-state index is 5.65. The number of hydrogen-bond donors (Lipinski definition) is 1. The van der Waals surface area contributed by atoms with Gasteiger partial charge in [0.15, 0.2) is 0 Å². The zero-order valence-corrected chi connectivity index (χ0v) is 11.8. The Labute approximate surface area is 98.8 Å². The number of aromatic nitrogens is 2. The van der Waals surface area contributed by atoms with Crippen LogP contribution in [-0.4, -0.2) is 24.5 Å². The second kappa shape index (κ2) is 5.50. The molecule has 0 amide bonds. The number of hydrogen-bond acceptors (Lipinski definition) is 3. The zero-order chi connectivity index (χ0) is 12.2. The van der Waals surface area contributed by atoms with Crippen LogP contribution in [0.25, 0.3) is 0 Å². The van der Waals surface area contributed by atoms with Gasteiger partial charge in [0.2, 0.25) is 0 Å². The SMILES string of the molecule is CCc1cc(N)nn1COCC[Si](C)(C)C. The molecule has 0 fully saturated rings. The monoisotopic (exact) mass is 241 g/mol. The maximum atomic E-state index is 5.65. The molecule has 0 spiro atoms. The normalized spacial score (nSPS) is 12.0. The summed E-state index contributed by atoms with van der Waals surface area (Å²) in [6.45, 7) is 10.5. The molecule has 0 aromatic carbocycles.